The molecular weight excluding hydrogens is 250 g/mol. The van der Waals surface area contributed by atoms with Gasteiger partial charge in [0.25, 0.3) is 0 Å². The van der Waals surface area contributed by atoms with Crippen LogP contribution in [0.3, 0.4) is 0 Å². The Morgan fingerprint density at radius 3 is 2.75 bits per heavy atom. The molecule has 2 atom stereocenters. The van der Waals surface area contributed by atoms with Crippen LogP contribution < -0.4 is 5.32 Å². The Kier molecular flexibility index (Phi) is 7.50. The minimum atomic E-state index is -0.359. The predicted molar refractivity (Wildman–Crippen MR) is 82.6 cm³/mol. The molecule has 0 spiro atoms. The van der Waals surface area contributed by atoms with Gasteiger partial charge in [-0.2, -0.15) is 5.26 Å². The summed E-state index contributed by atoms with van der Waals surface area (Å²) in [7, 11) is 0. The van der Waals surface area contributed by atoms with E-state index in [1.807, 2.05) is 0 Å². The Bertz CT molecular complexity index is 313. The second kappa shape index (κ2) is 8.61. The summed E-state index contributed by atoms with van der Waals surface area (Å²) in [5, 5.41) is 13.0. The zero-order chi connectivity index (χ0) is 15.0. The van der Waals surface area contributed by atoms with Gasteiger partial charge >= 0.3 is 0 Å². The maximum absolute atomic E-state index is 9.51. The van der Waals surface area contributed by atoms with Crippen LogP contribution in [0.5, 0.6) is 0 Å². The maximum atomic E-state index is 9.51. The summed E-state index contributed by atoms with van der Waals surface area (Å²) >= 11 is 0. The molecule has 0 bridgehead atoms. The molecule has 1 aliphatic heterocycles. The van der Waals surface area contributed by atoms with Crippen LogP contribution >= 0.6 is 0 Å². The molecule has 1 saturated heterocycles. The second-order valence-corrected chi connectivity index (χ2v) is 6.12. The highest BCUT2D eigenvalue weighted by Crippen LogP contribution is 2.19. The number of hydrogen-bond donors (Lipinski definition) is 1. The van der Waals surface area contributed by atoms with Crippen LogP contribution in [0, 0.1) is 11.3 Å². The molecule has 1 N–H and O–H groups in total. The van der Waals surface area contributed by atoms with Gasteiger partial charge < -0.3 is 4.74 Å². The summed E-state index contributed by atoms with van der Waals surface area (Å²) in [6.07, 6.45) is 3.99. The highest BCUT2D eigenvalue weighted by molar-refractivity contribution is 5.06. The van der Waals surface area contributed by atoms with Crippen LogP contribution in [0.1, 0.15) is 53.4 Å². The fourth-order valence-electron chi connectivity index (χ4n) is 3.01. The molecule has 0 radical (unpaired) electrons. The van der Waals surface area contributed by atoms with Crippen molar-refractivity contribution in [2.24, 2.45) is 0 Å². The van der Waals surface area contributed by atoms with Crippen molar-refractivity contribution >= 4 is 0 Å². The third-order valence-corrected chi connectivity index (χ3v) is 4.25. The van der Waals surface area contributed by atoms with Gasteiger partial charge in [-0.05, 0) is 46.1 Å². The van der Waals surface area contributed by atoms with Gasteiger partial charge in [-0.15, -0.1) is 0 Å². The SMILES string of the molecule is CCC1COCCN1CCCC(C#N)(CC)NC(C)C. The van der Waals surface area contributed by atoms with Crippen molar-refractivity contribution in [3.05, 3.63) is 0 Å². The van der Waals surface area contributed by atoms with Gasteiger partial charge in [0.2, 0.25) is 0 Å². The number of nitrogens with zero attached hydrogens (tertiary/aromatic N) is 2. The molecule has 116 valence electrons. The Morgan fingerprint density at radius 1 is 1.45 bits per heavy atom. The van der Waals surface area contributed by atoms with Gasteiger partial charge in [0, 0.05) is 18.6 Å². The van der Waals surface area contributed by atoms with Crippen LogP contribution in [0.15, 0.2) is 0 Å². The molecular formula is C16H31N3O. The molecule has 0 aromatic carbocycles. The van der Waals surface area contributed by atoms with E-state index in [-0.39, 0.29) is 5.54 Å². The molecule has 1 aliphatic rings. The summed E-state index contributed by atoms with van der Waals surface area (Å²) in [6.45, 7) is 12.3. The lowest BCUT2D eigenvalue weighted by Gasteiger charge is -2.36. The Morgan fingerprint density at radius 2 is 2.20 bits per heavy atom. The lowest BCUT2D eigenvalue weighted by Crippen LogP contribution is -2.49. The van der Waals surface area contributed by atoms with Crippen LogP contribution in [0.4, 0.5) is 0 Å². The van der Waals surface area contributed by atoms with E-state index >= 15 is 0 Å². The fraction of sp³-hybridized carbons (Fsp3) is 0.938. The van der Waals surface area contributed by atoms with Gasteiger partial charge in [-0.25, -0.2) is 0 Å². The molecule has 0 aromatic rings. The van der Waals surface area contributed by atoms with Gasteiger partial charge in [-0.3, -0.25) is 10.2 Å². The van der Waals surface area contributed by atoms with E-state index in [4.69, 9.17) is 4.74 Å². The van der Waals surface area contributed by atoms with Crippen molar-refractivity contribution in [1.82, 2.24) is 10.2 Å². The molecule has 0 amide bonds. The molecule has 4 nitrogen and oxygen atoms in total. The zero-order valence-corrected chi connectivity index (χ0v) is 13.6. The third kappa shape index (κ3) is 5.05. The highest BCUT2D eigenvalue weighted by atomic mass is 16.5. The first-order valence-electron chi connectivity index (χ1n) is 8.07. The molecule has 4 heteroatoms. The summed E-state index contributed by atoms with van der Waals surface area (Å²) in [5.41, 5.74) is -0.359. The van der Waals surface area contributed by atoms with E-state index in [0.717, 1.165) is 52.0 Å². The van der Waals surface area contributed by atoms with Gasteiger partial charge in [0.1, 0.15) is 5.54 Å². The van der Waals surface area contributed by atoms with E-state index in [1.54, 1.807) is 0 Å². The average molecular weight is 281 g/mol. The van der Waals surface area contributed by atoms with Crippen LogP contribution in [0.2, 0.25) is 0 Å². The largest absolute Gasteiger partial charge is 0.378 e. The molecule has 0 aromatic heterocycles. The standard InChI is InChI=1S/C16H31N3O/c1-5-15-12-20-11-10-19(15)9-7-8-16(6-2,13-17)18-14(3)4/h14-15,18H,5-12H2,1-4H3. The highest BCUT2D eigenvalue weighted by Gasteiger charge is 2.29. The van der Waals surface area contributed by atoms with Gasteiger partial charge in [0.05, 0.1) is 19.3 Å². The first-order valence-corrected chi connectivity index (χ1v) is 8.07. The van der Waals surface area contributed by atoms with Crippen LogP contribution in [0.25, 0.3) is 0 Å². The van der Waals surface area contributed by atoms with Crippen molar-refractivity contribution in [1.29, 1.82) is 5.26 Å². The average Bonchev–Trinajstić information content (AvgIpc) is 2.46. The van der Waals surface area contributed by atoms with Crippen LogP contribution in [-0.2, 0) is 4.74 Å². The number of rotatable bonds is 8. The molecule has 2 unspecified atom stereocenters. The molecule has 1 rings (SSSR count). The Hall–Kier alpha value is -0.630. The summed E-state index contributed by atoms with van der Waals surface area (Å²) in [4.78, 5) is 2.52. The normalized spacial score (nSPS) is 23.5. The monoisotopic (exact) mass is 281 g/mol. The summed E-state index contributed by atoms with van der Waals surface area (Å²) in [5.74, 6) is 0. The van der Waals surface area contributed by atoms with Crippen molar-refractivity contribution in [3.8, 4) is 6.07 Å². The minimum absolute atomic E-state index is 0.348. The molecule has 0 saturated carbocycles. The van der Waals surface area contributed by atoms with E-state index in [9.17, 15) is 5.26 Å². The Labute approximate surface area is 124 Å². The van der Waals surface area contributed by atoms with E-state index < -0.39 is 0 Å². The molecule has 1 heterocycles. The minimum Gasteiger partial charge on any atom is -0.378 e. The van der Waals surface area contributed by atoms with E-state index in [0.29, 0.717) is 12.1 Å². The first-order chi connectivity index (χ1) is 9.56. The zero-order valence-electron chi connectivity index (χ0n) is 13.6. The van der Waals surface area contributed by atoms with E-state index in [1.165, 1.54) is 0 Å². The quantitative estimate of drug-likeness (QED) is 0.743. The second-order valence-electron chi connectivity index (χ2n) is 6.12. The number of hydrogen-bond acceptors (Lipinski definition) is 4. The summed E-state index contributed by atoms with van der Waals surface area (Å²) < 4.78 is 5.54. The summed E-state index contributed by atoms with van der Waals surface area (Å²) in [6, 6.07) is 3.41. The lowest BCUT2D eigenvalue weighted by molar-refractivity contribution is -0.00972. The topological polar surface area (TPSA) is 48.3 Å². The third-order valence-electron chi connectivity index (χ3n) is 4.25. The number of nitriles is 1. The molecule has 1 fully saturated rings. The maximum Gasteiger partial charge on any atom is 0.106 e. The van der Waals surface area contributed by atoms with Crippen molar-refractivity contribution in [2.45, 2.75) is 71.0 Å². The first kappa shape index (κ1) is 17.4. The molecule has 20 heavy (non-hydrogen) atoms. The van der Waals surface area contributed by atoms with Crippen LogP contribution in [-0.4, -0.2) is 48.8 Å². The predicted octanol–water partition coefficient (Wildman–Crippen LogP) is 2.55. The van der Waals surface area contributed by atoms with Crippen molar-refractivity contribution in [2.75, 3.05) is 26.3 Å². The number of ether oxygens (including phenoxy) is 1. The fourth-order valence-corrected chi connectivity index (χ4v) is 3.01. The van der Waals surface area contributed by atoms with E-state index in [2.05, 4.69) is 44.0 Å². The van der Waals surface area contributed by atoms with Gasteiger partial charge in [0.15, 0.2) is 0 Å². The number of morpholine rings is 1. The van der Waals surface area contributed by atoms with Crippen molar-refractivity contribution in [3.63, 3.8) is 0 Å². The van der Waals surface area contributed by atoms with Gasteiger partial charge in [-0.1, -0.05) is 13.8 Å². The molecule has 0 aliphatic carbocycles. The van der Waals surface area contributed by atoms with Crippen molar-refractivity contribution < 1.29 is 4.74 Å². The Balaban J connectivity index is 2.45. The lowest BCUT2D eigenvalue weighted by atomic mass is 9.91. The smallest absolute Gasteiger partial charge is 0.106 e. The number of nitrogens with one attached hydrogen (secondary N) is 1.